The van der Waals surface area contributed by atoms with Crippen molar-refractivity contribution in [1.82, 2.24) is 0 Å². The second kappa shape index (κ2) is 7.35. The molecule has 0 aliphatic carbocycles. The molecule has 0 bridgehead atoms. The van der Waals surface area contributed by atoms with E-state index in [4.69, 9.17) is 9.47 Å². The van der Waals surface area contributed by atoms with E-state index in [-0.39, 0.29) is 12.6 Å². The van der Waals surface area contributed by atoms with Crippen molar-refractivity contribution in [2.24, 2.45) is 5.92 Å². The minimum atomic E-state index is -0.358. The Labute approximate surface area is 108 Å². The van der Waals surface area contributed by atoms with Crippen LogP contribution in [0.2, 0.25) is 0 Å². The second-order valence-corrected chi connectivity index (χ2v) is 4.60. The molecule has 0 unspecified atom stereocenters. The summed E-state index contributed by atoms with van der Waals surface area (Å²) in [6.45, 7) is 5.53. The SMILES string of the molecule is CC(C)COCCOC(=O)c1ccccc1S. The Morgan fingerprint density at radius 2 is 2.00 bits per heavy atom. The molecule has 17 heavy (non-hydrogen) atoms. The van der Waals surface area contributed by atoms with Crippen LogP contribution in [0.4, 0.5) is 0 Å². The van der Waals surface area contributed by atoms with E-state index in [2.05, 4.69) is 26.5 Å². The lowest BCUT2D eigenvalue weighted by Gasteiger charge is -2.08. The van der Waals surface area contributed by atoms with E-state index in [0.29, 0.717) is 29.6 Å². The maximum absolute atomic E-state index is 11.6. The molecule has 3 nitrogen and oxygen atoms in total. The molecule has 0 spiro atoms. The zero-order chi connectivity index (χ0) is 12.7. The average Bonchev–Trinajstić information content (AvgIpc) is 2.28. The number of esters is 1. The van der Waals surface area contributed by atoms with E-state index in [9.17, 15) is 4.79 Å². The monoisotopic (exact) mass is 254 g/mol. The van der Waals surface area contributed by atoms with Gasteiger partial charge in [0.1, 0.15) is 6.61 Å². The first-order valence-electron chi connectivity index (χ1n) is 5.64. The van der Waals surface area contributed by atoms with Gasteiger partial charge in [0.25, 0.3) is 0 Å². The molecule has 0 aliphatic rings. The van der Waals surface area contributed by atoms with Gasteiger partial charge in [0.2, 0.25) is 0 Å². The molecule has 1 aromatic rings. The van der Waals surface area contributed by atoms with Crippen LogP contribution in [0.3, 0.4) is 0 Å². The van der Waals surface area contributed by atoms with Crippen LogP contribution in [0.15, 0.2) is 29.2 Å². The Morgan fingerprint density at radius 1 is 1.29 bits per heavy atom. The molecule has 94 valence electrons. The normalized spacial score (nSPS) is 10.6. The summed E-state index contributed by atoms with van der Waals surface area (Å²) < 4.78 is 10.4. The highest BCUT2D eigenvalue weighted by Crippen LogP contribution is 2.13. The standard InChI is InChI=1S/C13H18O3S/c1-10(2)9-15-7-8-16-13(14)11-5-3-4-6-12(11)17/h3-6,10,17H,7-9H2,1-2H3. The van der Waals surface area contributed by atoms with Crippen molar-refractivity contribution < 1.29 is 14.3 Å². The van der Waals surface area contributed by atoms with Crippen LogP contribution in [0.1, 0.15) is 24.2 Å². The number of rotatable bonds is 6. The quantitative estimate of drug-likeness (QED) is 0.482. The van der Waals surface area contributed by atoms with Gasteiger partial charge in [0.15, 0.2) is 0 Å². The second-order valence-electron chi connectivity index (χ2n) is 4.12. The Balaban J connectivity index is 2.29. The molecular weight excluding hydrogens is 236 g/mol. The Bertz CT molecular complexity index is 363. The van der Waals surface area contributed by atoms with Crippen molar-refractivity contribution >= 4 is 18.6 Å². The summed E-state index contributed by atoms with van der Waals surface area (Å²) in [5.74, 6) is 0.132. The summed E-state index contributed by atoms with van der Waals surface area (Å²) in [6.07, 6.45) is 0. The molecule has 0 N–H and O–H groups in total. The van der Waals surface area contributed by atoms with E-state index < -0.39 is 0 Å². The first-order chi connectivity index (χ1) is 8.11. The van der Waals surface area contributed by atoms with Gasteiger partial charge < -0.3 is 9.47 Å². The van der Waals surface area contributed by atoms with Crippen LogP contribution >= 0.6 is 12.6 Å². The zero-order valence-electron chi connectivity index (χ0n) is 10.2. The number of ether oxygens (including phenoxy) is 2. The van der Waals surface area contributed by atoms with Crippen LogP contribution in [0, 0.1) is 5.92 Å². The third kappa shape index (κ3) is 5.24. The third-order valence-electron chi connectivity index (χ3n) is 2.04. The predicted octanol–water partition coefficient (Wildman–Crippen LogP) is 2.80. The number of carbonyl (C=O) groups is 1. The fraction of sp³-hybridized carbons (Fsp3) is 0.462. The highest BCUT2D eigenvalue weighted by Gasteiger charge is 2.09. The van der Waals surface area contributed by atoms with Gasteiger partial charge in [-0.05, 0) is 18.1 Å². The summed E-state index contributed by atoms with van der Waals surface area (Å²) >= 11 is 4.20. The molecule has 1 rings (SSSR count). The molecule has 1 aromatic carbocycles. The van der Waals surface area contributed by atoms with Gasteiger partial charge in [-0.15, -0.1) is 12.6 Å². The summed E-state index contributed by atoms with van der Waals surface area (Å²) in [6, 6.07) is 7.06. The highest BCUT2D eigenvalue weighted by molar-refractivity contribution is 7.80. The molecule has 0 amide bonds. The van der Waals surface area contributed by atoms with E-state index in [1.54, 1.807) is 18.2 Å². The molecule has 0 aromatic heterocycles. The summed E-state index contributed by atoms with van der Waals surface area (Å²) in [4.78, 5) is 12.3. The van der Waals surface area contributed by atoms with Gasteiger partial charge in [0, 0.05) is 11.5 Å². The first kappa shape index (κ1) is 14.1. The number of hydrogen-bond acceptors (Lipinski definition) is 4. The number of hydrogen-bond donors (Lipinski definition) is 1. The van der Waals surface area contributed by atoms with Crippen molar-refractivity contribution in [3.8, 4) is 0 Å². The van der Waals surface area contributed by atoms with Crippen molar-refractivity contribution in [1.29, 1.82) is 0 Å². The van der Waals surface area contributed by atoms with Gasteiger partial charge >= 0.3 is 5.97 Å². The van der Waals surface area contributed by atoms with Crippen molar-refractivity contribution in [3.05, 3.63) is 29.8 Å². The fourth-order valence-electron chi connectivity index (χ4n) is 1.24. The van der Waals surface area contributed by atoms with Crippen LogP contribution in [0.5, 0.6) is 0 Å². The number of benzene rings is 1. The Morgan fingerprint density at radius 3 is 2.65 bits per heavy atom. The number of thiol groups is 1. The van der Waals surface area contributed by atoms with Gasteiger partial charge in [-0.3, -0.25) is 0 Å². The lowest BCUT2D eigenvalue weighted by molar-refractivity contribution is 0.0274. The predicted molar refractivity (Wildman–Crippen MR) is 69.6 cm³/mol. The van der Waals surface area contributed by atoms with Crippen molar-refractivity contribution in [2.75, 3.05) is 19.8 Å². The maximum Gasteiger partial charge on any atom is 0.339 e. The molecule has 0 saturated carbocycles. The van der Waals surface area contributed by atoms with E-state index >= 15 is 0 Å². The zero-order valence-corrected chi connectivity index (χ0v) is 11.1. The van der Waals surface area contributed by atoms with E-state index in [1.165, 1.54) is 0 Å². The van der Waals surface area contributed by atoms with Crippen molar-refractivity contribution in [3.63, 3.8) is 0 Å². The third-order valence-corrected chi connectivity index (χ3v) is 2.43. The molecule has 0 saturated heterocycles. The molecule has 0 heterocycles. The molecule has 0 radical (unpaired) electrons. The van der Waals surface area contributed by atoms with Crippen molar-refractivity contribution in [2.45, 2.75) is 18.7 Å². The summed E-state index contributed by atoms with van der Waals surface area (Å²) in [5.41, 5.74) is 0.486. The smallest absolute Gasteiger partial charge is 0.339 e. The molecule has 4 heteroatoms. The van der Waals surface area contributed by atoms with Gasteiger partial charge in [-0.25, -0.2) is 4.79 Å². The highest BCUT2D eigenvalue weighted by atomic mass is 32.1. The Hall–Kier alpha value is -1.00. The minimum absolute atomic E-state index is 0.271. The summed E-state index contributed by atoms with van der Waals surface area (Å²) in [7, 11) is 0. The van der Waals surface area contributed by atoms with Gasteiger partial charge in [-0.1, -0.05) is 26.0 Å². The number of carbonyl (C=O) groups excluding carboxylic acids is 1. The molecule has 0 aliphatic heterocycles. The van der Waals surface area contributed by atoms with Gasteiger partial charge in [-0.2, -0.15) is 0 Å². The molecular formula is C13H18O3S. The fourth-order valence-corrected chi connectivity index (χ4v) is 1.49. The van der Waals surface area contributed by atoms with Crippen LogP contribution in [-0.2, 0) is 9.47 Å². The van der Waals surface area contributed by atoms with Crippen LogP contribution in [-0.4, -0.2) is 25.8 Å². The van der Waals surface area contributed by atoms with Gasteiger partial charge in [0.05, 0.1) is 12.2 Å². The lowest BCUT2D eigenvalue weighted by Crippen LogP contribution is -2.13. The largest absolute Gasteiger partial charge is 0.460 e. The van der Waals surface area contributed by atoms with Crippen LogP contribution in [0.25, 0.3) is 0 Å². The van der Waals surface area contributed by atoms with Crippen LogP contribution < -0.4 is 0 Å². The lowest BCUT2D eigenvalue weighted by atomic mass is 10.2. The molecule has 0 fully saturated rings. The Kier molecular flexibility index (Phi) is 6.08. The van der Waals surface area contributed by atoms with E-state index in [0.717, 1.165) is 0 Å². The minimum Gasteiger partial charge on any atom is -0.460 e. The topological polar surface area (TPSA) is 35.5 Å². The summed E-state index contributed by atoms with van der Waals surface area (Å²) in [5, 5.41) is 0. The maximum atomic E-state index is 11.6. The van der Waals surface area contributed by atoms with E-state index in [1.807, 2.05) is 6.07 Å². The molecule has 0 atom stereocenters. The average molecular weight is 254 g/mol. The first-order valence-corrected chi connectivity index (χ1v) is 6.09.